The minimum absolute atomic E-state index is 0.0931. The molecule has 0 amide bonds. The Labute approximate surface area is 184 Å². The van der Waals surface area contributed by atoms with Crippen LogP contribution in [0.1, 0.15) is 51.7 Å². The molecule has 0 aliphatic heterocycles. The lowest BCUT2D eigenvalue weighted by Crippen LogP contribution is -2.12. The topological polar surface area (TPSA) is 12.9 Å². The van der Waals surface area contributed by atoms with Crippen LogP contribution in [0.2, 0.25) is 0 Å². The highest BCUT2D eigenvalue weighted by Gasteiger charge is 2.18. The van der Waals surface area contributed by atoms with E-state index in [0.717, 1.165) is 5.69 Å². The smallest absolute Gasteiger partial charge is 0.0780 e. The van der Waals surface area contributed by atoms with Crippen molar-refractivity contribution < 1.29 is 0 Å². The zero-order chi connectivity index (χ0) is 21.8. The summed E-state index contributed by atoms with van der Waals surface area (Å²) in [6, 6.07) is 26.8. The van der Waals surface area contributed by atoms with Crippen LogP contribution in [0, 0.1) is 0 Å². The van der Waals surface area contributed by atoms with Crippen molar-refractivity contribution in [3.05, 3.63) is 90.1 Å². The first-order chi connectivity index (χ1) is 14.8. The number of pyridine rings is 1. The number of rotatable bonds is 2. The summed E-state index contributed by atoms with van der Waals surface area (Å²) >= 11 is 0. The molecule has 0 fully saturated rings. The molecule has 0 atom stereocenters. The van der Waals surface area contributed by atoms with Gasteiger partial charge in [0.2, 0.25) is 0 Å². The van der Waals surface area contributed by atoms with Crippen molar-refractivity contribution >= 4 is 32.3 Å². The van der Waals surface area contributed by atoms with Gasteiger partial charge in [-0.15, -0.1) is 0 Å². The van der Waals surface area contributed by atoms with Gasteiger partial charge in [0.05, 0.1) is 5.69 Å². The zero-order valence-corrected chi connectivity index (χ0v) is 19.0. The Morgan fingerprint density at radius 1 is 0.677 bits per heavy atom. The Balaban J connectivity index is 1.81. The van der Waals surface area contributed by atoms with E-state index in [2.05, 4.69) is 107 Å². The van der Waals surface area contributed by atoms with Crippen LogP contribution in [0.5, 0.6) is 0 Å². The van der Waals surface area contributed by atoms with Gasteiger partial charge in [-0.2, -0.15) is 0 Å². The highest BCUT2D eigenvalue weighted by Crippen LogP contribution is 2.37. The molecule has 0 N–H and O–H groups in total. The third kappa shape index (κ3) is 3.39. The van der Waals surface area contributed by atoms with Crippen LogP contribution in [0.3, 0.4) is 0 Å². The number of hydrogen-bond acceptors (Lipinski definition) is 1. The molecule has 5 rings (SSSR count). The first-order valence-electron chi connectivity index (χ1n) is 11.2. The summed E-state index contributed by atoms with van der Waals surface area (Å²) in [5, 5.41) is 7.65. The maximum Gasteiger partial charge on any atom is 0.0780 e. The lowest BCUT2D eigenvalue weighted by atomic mass is 9.83. The van der Waals surface area contributed by atoms with Crippen LogP contribution in [-0.4, -0.2) is 4.98 Å². The van der Waals surface area contributed by atoms with Gasteiger partial charge in [0, 0.05) is 17.1 Å². The van der Waals surface area contributed by atoms with Gasteiger partial charge in [0.25, 0.3) is 0 Å². The van der Waals surface area contributed by atoms with Gasteiger partial charge in [0.1, 0.15) is 0 Å². The Bertz CT molecular complexity index is 1430. The van der Waals surface area contributed by atoms with E-state index in [1.165, 1.54) is 49.0 Å². The van der Waals surface area contributed by atoms with Crippen LogP contribution < -0.4 is 0 Å². The molecule has 0 bridgehead atoms. The molecule has 0 aliphatic carbocycles. The Morgan fingerprint density at radius 3 is 2.13 bits per heavy atom. The summed E-state index contributed by atoms with van der Waals surface area (Å²) in [4.78, 5) is 4.87. The molecule has 4 aromatic carbocycles. The molecule has 0 radical (unpaired) electrons. The minimum Gasteiger partial charge on any atom is -0.256 e. The average Bonchev–Trinajstić information content (AvgIpc) is 2.77. The molecule has 31 heavy (non-hydrogen) atoms. The predicted molar refractivity (Wildman–Crippen MR) is 135 cm³/mol. The van der Waals surface area contributed by atoms with Crippen molar-refractivity contribution in [3.8, 4) is 11.3 Å². The van der Waals surface area contributed by atoms with E-state index in [9.17, 15) is 0 Å². The van der Waals surface area contributed by atoms with Crippen molar-refractivity contribution in [2.45, 2.75) is 46.0 Å². The van der Waals surface area contributed by atoms with Gasteiger partial charge >= 0.3 is 0 Å². The molecular weight excluding hydrogens is 374 g/mol. The molecule has 1 heterocycles. The van der Waals surface area contributed by atoms with E-state index in [1.807, 2.05) is 6.20 Å². The highest BCUT2D eigenvalue weighted by atomic mass is 14.7. The normalized spacial score (nSPS) is 12.3. The second-order valence-corrected chi connectivity index (χ2v) is 9.95. The van der Waals surface area contributed by atoms with Crippen LogP contribution >= 0.6 is 0 Å². The van der Waals surface area contributed by atoms with E-state index in [1.54, 1.807) is 0 Å². The fourth-order valence-corrected chi connectivity index (χ4v) is 4.54. The number of fused-ring (bicyclic) bond motifs is 5. The first-order valence-corrected chi connectivity index (χ1v) is 11.2. The molecule has 0 saturated carbocycles. The van der Waals surface area contributed by atoms with Crippen LogP contribution in [0.15, 0.2) is 79.0 Å². The summed E-state index contributed by atoms with van der Waals surface area (Å²) in [7, 11) is 0. The van der Waals surface area contributed by atoms with Gasteiger partial charge in [-0.1, -0.05) is 89.2 Å². The predicted octanol–water partition coefficient (Wildman–Crippen LogP) is 8.63. The minimum atomic E-state index is 0.0931. The van der Waals surface area contributed by atoms with Crippen LogP contribution in [-0.2, 0) is 5.41 Å². The zero-order valence-electron chi connectivity index (χ0n) is 19.0. The summed E-state index contributed by atoms with van der Waals surface area (Å²) in [5.74, 6) is 0.475. The van der Waals surface area contributed by atoms with Gasteiger partial charge in [-0.3, -0.25) is 4.98 Å². The van der Waals surface area contributed by atoms with Crippen molar-refractivity contribution in [1.29, 1.82) is 0 Å². The van der Waals surface area contributed by atoms with Gasteiger partial charge in [-0.05, 0) is 67.6 Å². The van der Waals surface area contributed by atoms with Crippen molar-refractivity contribution in [2.75, 3.05) is 0 Å². The van der Waals surface area contributed by atoms with E-state index in [4.69, 9.17) is 4.98 Å². The Kier molecular flexibility index (Phi) is 4.59. The Morgan fingerprint density at radius 2 is 1.35 bits per heavy atom. The monoisotopic (exact) mass is 403 g/mol. The molecular formula is C30H29N. The molecule has 5 aromatic rings. The summed E-state index contributed by atoms with van der Waals surface area (Å²) < 4.78 is 0. The van der Waals surface area contributed by atoms with Crippen LogP contribution in [0.25, 0.3) is 43.6 Å². The molecule has 0 spiro atoms. The van der Waals surface area contributed by atoms with Crippen molar-refractivity contribution in [3.63, 3.8) is 0 Å². The van der Waals surface area contributed by atoms with Crippen LogP contribution in [0.4, 0.5) is 0 Å². The average molecular weight is 404 g/mol. The van der Waals surface area contributed by atoms with E-state index in [0.29, 0.717) is 5.92 Å². The van der Waals surface area contributed by atoms with E-state index >= 15 is 0 Å². The maximum absolute atomic E-state index is 4.87. The quantitative estimate of drug-likeness (QED) is 0.269. The number of nitrogens with zero attached hydrogens (tertiary/aromatic N) is 1. The van der Waals surface area contributed by atoms with Gasteiger partial charge < -0.3 is 0 Å². The maximum atomic E-state index is 4.87. The van der Waals surface area contributed by atoms with Crippen molar-refractivity contribution in [2.24, 2.45) is 0 Å². The highest BCUT2D eigenvalue weighted by molar-refractivity contribution is 6.18. The largest absolute Gasteiger partial charge is 0.256 e. The Hall–Kier alpha value is -3.19. The molecule has 154 valence electrons. The number of benzene rings is 4. The standard InChI is InChI=1S/C30H29N/c1-19(2)21-16-22(18-23(17-21)30(3,4)5)29-28-13-12-25-24-9-7-6-8-20(24)10-11-26(25)27(28)14-15-31-29/h6-19H,1-5H3. The second-order valence-electron chi connectivity index (χ2n) is 9.95. The molecule has 1 nitrogen and oxygen atoms in total. The fraction of sp³-hybridized carbons (Fsp3) is 0.233. The first kappa shape index (κ1) is 19.8. The van der Waals surface area contributed by atoms with Gasteiger partial charge in [-0.25, -0.2) is 0 Å². The molecule has 1 heteroatoms. The number of aromatic nitrogens is 1. The van der Waals surface area contributed by atoms with E-state index in [-0.39, 0.29) is 5.41 Å². The SMILES string of the molecule is CC(C)c1cc(-c2nccc3c2ccc2c4ccccc4ccc32)cc(C(C)(C)C)c1. The summed E-state index contributed by atoms with van der Waals surface area (Å²) in [6.07, 6.45) is 1.96. The lowest BCUT2D eigenvalue weighted by Gasteiger charge is -2.22. The summed E-state index contributed by atoms with van der Waals surface area (Å²) in [6.45, 7) is 11.4. The van der Waals surface area contributed by atoms with Crippen molar-refractivity contribution in [1.82, 2.24) is 4.98 Å². The fourth-order valence-electron chi connectivity index (χ4n) is 4.54. The summed E-state index contributed by atoms with van der Waals surface area (Å²) in [5.41, 5.74) is 5.10. The third-order valence-electron chi connectivity index (χ3n) is 6.43. The van der Waals surface area contributed by atoms with Gasteiger partial charge in [0.15, 0.2) is 0 Å². The third-order valence-corrected chi connectivity index (χ3v) is 6.43. The molecule has 0 unspecified atom stereocenters. The second kappa shape index (κ2) is 7.20. The molecule has 0 saturated heterocycles. The number of hydrogen-bond donors (Lipinski definition) is 0. The lowest BCUT2D eigenvalue weighted by molar-refractivity contribution is 0.589. The molecule has 1 aromatic heterocycles. The van der Waals surface area contributed by atoms with E-state index < -0.39 is 0 Å². The molecule has 0 aliphatic rings.